The lowest BCUT2D eigenvalue weighted by Gasteiger charge is -2.23. The standard InChI is InChI=1S/C21H18Cl3N3O/c22-16-4-2-15(3-5-16)21(28)27(17-6-7-17)13-20-25-9-10-26(20)12-14-1-8-18(23)19(24)11-14/h1-5,8-11,17H,6-7,12-13H2. The fourth-order valence-electron chi connectivity index (χ4n) is 3.13. The average Bonchev–Trinajstić information content (AvgIpc) is 3.43. The third-order valence-electron chi connectivity index (χ3n) is 4.79. The first-order chi connectivity index (χ1) is 13.5. The maximum atomic E-state index is 13.0. The van der Waals surface area contributed by atoms with Gasteiger partial charge in [-0.05, 0) is 54.8 Å². The van der Waals surface area contributed by atoms with Gasteiger partial charge in [-0.3, -0.25) is 4.79 Å². The molecule has 1 heterocycles. The third-order valence-corrected chi connectivity index (χ3v) is 5.78. The number of imidazole rings is 1. The van der Waals surface area contributed by atoms with E-state index in [1.165, 1.54) is 0 Å². The van der Waals surface area contributed by atoms with Crippen molar-refractivity contribution in [2.75, 3.05) is 0 Å². The van der Waals surface area contributed by atoms with Gasteiger partial charge in [0.05, 0.1) is 16.6 Å². The summed E-state index contributed by atoms with van der Waals surface area (Å²) >= 11 is 18.1. The molecule has 0 aliphatic heterocycles. The molecule has 2 aromatic carbocycles. The monoisotopic (exact) mass is 433 g/mol. The Morgan fingerprint density at radius 3 is 2.50 bits per heavy atom. The Labute approximate surface area is 178 Å². The first-order valence-electron chi connectivity index (χ1n) is 9.02. The lowest BCUT2D eigenvalue weighted by molar-refractivity contribution is 0.0723. The normalized spacial score (nSPS) is 13.5. The zero-order chi connectivity index (χ0) is 19.7. The second-order valence-electron chi connectivity index (χ2n) is 6.89. The molecular weight excluding hydrogens is 417 g/mol. The lowest BCUT2D eigenvalue weighted by Crippen LogP contribution is -2.33. The number of aromatic nitrogens is 2. The van der Waals surface area contributed by atoms with Crippen LogP contribution in [0.1, 0.15) is 34.6 Å². The smallest absolute Gasteiger partial charge is 0.254 e. The van der Waals surface area contributed by atoms with Crippen molar-refractivity contribution in [3.8, 4) is 0 Å². The molecule has 1 amide bonds. The van der Waals surface area contributed by atoms with Crippen LogP contribution in [0.15, 0.2) is 54.9 Å². The maximum Gasteiger partial charge on any atom is 0.254 e. The van der Waals surface area contributed by atoms with Gasteiger partial charge in [0.1, 0.15) is 5.82 Å². The van der Waals surface area contributed by atoms with E-state index in [1.807, 2.05) is 27.8 Å². The number of halogens is 3. The Kier molecular flexibility index (Phi) is 5.63. The van der Waals surface area contributed by atoms with Gasteiger partial charge >= 0.3 is 0 Å². The van der Waals surface area contributed by atoms with Gasteiger partial charge in [0.2, 0.25) is 0 Å². The minimum atomic E-state index is 0.00301. The molecule has 0 bridgehead atoms. The zero-order valence-electron chi connectivity index (χ0n) is 15.0. The Hall–Kier alpha value is -2.01. The van der Waals surface area contributed by atoms with E-state index in [9.17, 15) is 4.79 Å². The highest BCUT2D eigenvalue weighted by atomic mass is 35.5. The number of nitrogens with zero attached hydrogens (tertiary/aromatic N) is 3. The summed E-state index contributed by atoms with van der Waals surface area (Å²) in [5.41, 5.74) is 1.66. The molecule has 0 radical (unpaired) electrons. The summed E-state index contributed by atoms with van der Waals surface area (Å²) < 4.78 is 2.03. The number of carbonyl (C=O) groups excluding carboxylic acids is 1. The fraction of sp³-hybridized carbons (Fsp3) is 0.238. The largest absolute Gasteiger partial charge is 0.329 e. The van der Waals surface area contributed by atoms with Gasteiger partial charge in [0.25, 0.3) is 5.91 Å². The highest BCUT2D eigenvalue weighted by Crippen LogP contribution is 2.30. The number of hydrogen-bond donors (Lipinski definition) is 0. The Morgan fingerprint density at radius 2 is 1.82 bits per heavy atom. The zero-order valence-corrected chi connectivity index (χ0v) is 17.3. The number of benzene rings is 2. The molecule has 0 N–H and O–H groups in total. The summed E-state index contributed by atoms with van der Waals surface area (Å²) in [5, 5.41) is 1.68. The van der Waals surface area contributed by atoms with E-state index >= 15 is 0 Å². The van der Waals surface area contributed by atoms with Crippen LogP contribution in [0.3, 0.4) is 0 Å². The molecule has 0 saturated heterocycles. The number of carbonyl (C=O) groups is 1. The highest BCUT2D eigenvalue weighted by Gasteiger charge is 2.33. The van der Waals surface area contributed by atoms with Crippen LogP contribution in [0.5, 0.6) is 0 Å². The molecule has 7 heteroatoms. The SMILES string of the molecule is O=C(c1ccc(Cl)cc1)N(Cc1nccn1Cc1ccc(Cl)c(Cl)c1)C1CC1. The van der Waals surface area contributed by atoms with E-state index in [0.29, 0.717) is 33.7 Å². The molecule has 4 rings (SSSR count). The van der Waals surface area contributed by atoms with Crippen LogP contribution < -0.4 is 0 Å². The van der Waals surface area contributed by atoms with Gasteiger partial charge in [0, 0.05) is 35.6 Å². The molecule has 1 saturated carbocycles. The first-order valence-corrected chi connectivity index (χ1v) is 10.1. The van der Waals surface area contributed by atoms with Crippen molar-refractivity contribution >= 4 is 40.7 Å². The van der Waals surface area contributed by atoms with Crippen molar-refractivity contribution in [1.82, 2.24) is 14.5 Å². The van der Waals surface area contributed by atoms with Gasteiger partial charge in [0.15, 0.2) is 0 Å². The first kappa shape index (κ1) is 19.3. The van der Waals surface area contributed by atoms with Crippen LogP contribution in [0.4, 0.5) is 0 Å². The molecule has 0 atom stereocenters. The van der Waals surface area contributed by atoms with Crippen LogP contribution in [0, 0.1) is 0 Å². The van der Waals surface area contributed by atoms with Gasteiger partial charge in [-0.1, -0.05) is 40.9 Å². The van der Waals surface area contributed by atoms with Crippen LogP contribution >= 0.6 is 34.8 Å². The lowest BCUT2D eigenvalue weighted by atomic mass is 10.2. The van der Waals surface area contributed by atoms with Crippen molar-refractivity contribution in [1.29, 1.82) is 0 Å². The molecule has 3 aromatic rings. The molecule has 144 valence electrons. The quantitative estimate of drug-likeness (QED) is 0.499. The summed E-state index contributed by atoms with van der Waals surface area (Å²) in [5.74, 6) is 0.837. The predicted octanol–water partition coefficient (Wildman–Crippen LogP) is 5.70. The van der Waals surface area contributed by atoms with Gasteiger partial charge in [-0.2, -0.15) is 0 Å². The van der Waals surface area contributed by atoms with Crippen molar-refractivity contribution in [2.45, 2.75) is 32.0 Å². The van der Waals surface area contributed by atoms with E-state index in [2.05, 4.69) is 4.98 Å². The van der Waals surface area contributed by atoms with E-state index in [-0.39, 0.29) is 11.9 Å². The molecule has 1 aromatic heterocycles. The van der Waals surface area contributed by atoms with Crippen LogP contribution in [0.2, 0.25) is 15.1 Å². The minimum absolute atomic E-state index is 0.00301. The average molecular weight is 435 g/mol. The Bertz CT molecular complexity index is 996. The highest BCUT2D eigenvalue weighted by molar-refractivity contribution is 6.42. The topological polar surface area (TPSA) is 38.1 Å². The Morgan fingerprint density at radius 1 is 1.07 bits per heavy atom. The minimum Gasteiger partial charge on any atom is -0.329 e. The van der Waals surface area contributed by atoms with Gasteiger partial charge < -0.3 is 9.47 Å². The van der Waals surface area contributed by atoms with E-state index < -0.39 is 0 Å². The van der Waals surface area contributed by atoms with Crippen LogP contribution in [-0.4, -0.2) is 26.4 Å². The third kappa shape index (κ3) is 4.35. The molecular formula is C21H18Cl3N3O. The van der Waals surface area contributed by atoms with Gasteiger partial charge in [-0.25, -0.2) is 4.98 Å². The predicted molar refractivity (Wildman–Crippen MR) is 112 cm³/mol. The second-order valence-corrected chi connectivity index (χ2v) is 8.14. The molecule has 1 aliphatic carbocycles. The van der Waals surface area contributed by atoms with Crippen LogP contribution in [0.25, 0.3) is 0 Å². The summed E-state index contributed by atoms with van der Waals surface area (Å²) in [7, 11) is 0. The van der Waals surface area contributed by atoms with E-state index in [4.69, 9.17) is 34.8 Å². The number of hydrogen-bond acceptors (Lipinski definition) is 2. The van der Waals surface area contributed by atoms with Crippen molar-refractivity contribution in [2.24, 2.45) is 0 Å². The molecule has 0 spiro atoms. The van der Waals surface area contributed by atoms with Crippen molar-refractivity contribution in [3.05, 3.63) is 86.9 Å². The van der Waals surface area contributed by atoms with Crippen molar-refractivity contribution in [3.63, 3.8) is 0 Å². The van der Waals surface area contributed by atoms with E-state index in [1.54, 1.807) is 36.5 Å². The number of amides is 1. The molecule has 4 nitrogen and oxygen atoms in total. The Balaban J connectivity index is 1.54. The van der Waals surface area contributed by atoms with Crippen LogP contribution in [-0.2, 0) is 13.1 Å². The van der Waals surface area contributed by atoms with Gasteiger partial charge in [-0.15, -0.1) is 0 Å². The summed E-state index contributed by atoms with van der Waals surface area (Å²) in [4.78, 5) is 19.4. The summed E-state index contributed by atoms with van der Waals surface area (Å²) in [6.45, 7) is 1.07. The fourth-order valence-corrected chi connectivity index (χ4v) is 3.58. The number of rotatable bonds is 6. The molecule has 28 heavy (non-hydrogen) atoms. The summed E-state index contributed by atoms with van der Waals surface area (Å²) in [6, 6.07) is 12.9. The second kappa shape index (κ2) is 8.16. The summed E-state index contributed by atoms with van der Waals surface area (Å²) in [6.07, 6.45) is 5.71. The molecule has 0 unspecified atom stereocenters. The molecule has 1 aliphatic rings. The van der Waals surface area contributed by atoms with Crippen molar-refractivity contribution < 1.29 is 4.79 Å². The van der Waals surface area contributed by atoms with E-state index in [0.717, 1.165) is 24.2 Å². The molecule has 1 fully saturated rings. The maximum absolute atomic E-state index is 13.0.